The molecule has 0 aliphatic heterocycles. The number of amides is 1. The van der Waals surface area contributed by atoms with Crippen molar-refractivity contribution in [3.63, 3.8) is 0 Å². The molecule has 162 valence electrons. The van der Waals surface area contributed by atoms with Crippen LogP contribution in [-0.2, 0) is 17.6 Å². The molecule has 0 saturated heterocycles. The van der Waals surface area contributed by atoms with Crippen LogP contribution in [0.25, 0.3) is 22.3 Å². The lowest BCUT2D eigenvalue weighted by Crippen LogP contribution is -2.21. The topological polar surface area (TPSA) is 71.0 Å². The number of pyridine rings is 1. The van der Waals surface area contributed by atoms with Gasteiger partial charge in [-0.15, -0.1) is 0 Å². The van der Waals surface area contributed by atoms with Gasteiger partial charge in [0.05, 0.1) is 11.1 Å². The zero-order valence-electron chi connectivity index (χ0n) is 18.5. The molecular weight excluding hydrogens is 398 g/mol. The van der Waals surface area contributed by atoms with Crippen LogP contribution in [0.5, 0.6) is 0 Å². The van der Waals surface area contributed by atoms with E-state index in [1.807, 2.05) is 18.2 Å². The minimum absolute atomic E-state index is 0.490. The third kappa shape index (κ3) is 4.59. The summed E-state index contributed by atoms with van der Waals surface area (Å²) in [7, 11) is 0. The van der Waals surface area contributed by atoms with Crippen molar-refractivity contribution in [3.05, 3.63) is 78.1 Å². The second-order valence-electron chi connectivity index (χ2n) is 7.55. The molecule has 0 aliphatic rings. The zero-order chi connectivity index (χ0) is 22.3. The average Bonchev–Trinajstić information content (AvgIpc) is 2.84. The van der Waals surface area contributed by atoms with Crippen LogP contribution in [0.15, 0.2) is 67.0 Å². The predicted octanol–water partition coefficient (Wildman–Crippen LogP) is 4.89. The summed E-state index contributed by atoms with van der Waals surface area (Å²) in [6.45, 7) is 6.26. The highest BCUT2D eigenvalue weighted by Crippen LogP contribution is 2.29. The highest BCUT2D eigenvalue weighted by atomic mass is 16.1. The van der Waals surface area contributed by atoms with E-state index in [-0.39, 0.29) is 0 Å². The van der Waals surface area contributed by atoms with Crippen molar-refractivity contribution in [2.45, 2.75) is 26.7 Å². The van der Waals surface area contributed by atoms with E-state index in [0.717, 1.165) is 48.1 Å². The van der Waals surface area contributed by atoms with Gasteiger partial charge in [-0.3, -0.25) is 4.79 Å². The van der Waals surface area contributed by atoms with E-state index in [4.69, 9.17) is 4.98 Å². The Morgan fingerprint density at radius 3 is 2.38 bits per heavy atom. The zero-order valence-corrected chi connectivity index (χ0v) is 18.5. The Bertz CT molecular complexity index is 1190. The van der Waals surface area contributed by atoms with Crippen molar-refractivity contribution in [1.82, 2.24) is 15.0 Å². The van der Waals surface area contributed by atoms with Gasteiger partial charge in [0, 0.05) is 24.3 Å². The summed E-state index contributed by atoms with van der Waals surface area (Å²) in [5.74, 6) is 0.490. The number of hydrogen-bond donors (Lipinski definition) is 1. The maximum atomic E-state index is 11.1. The first-order valence-electron chi connectivity index (χ1n) is 11.0. The van der Waals surface area contributed by atoms with E-state index >= 15 is 0 Å². The lowest BCUT2D eigenvalue weighted by molar-refractivity contribution is -0.105. The van der Waals surface area contributed by atoms with Gasteiger partial charge in [-0.2, -0.15) is 0 Å². The van der Waals surface area contributed by atoms with Gasteiger partial charge < -0.3 is 10.2 Å². The van der Waals surface area contributed by atoms with Gasteiger partial charge in [0.25, 0.3) is 0 Å². The summed E-state index contributed by atoms with van der Waals surface area (Å²) < 4.78 is 0. The number of fused-ring (bicyclic) bond motifs is 1. The third-order valence-electron chi connectivity index (χ3n) is 5.70. The van der Waals surface area contributed by atoms with Crippen LogP contribution in [0.3, 0.4) is 0 Å². The maximum Gasteiger partial charge on any atom is 0.212 e. The molecule has 0 bridgehead atoms. The van der Waals surface area contributed by atoms with Crippen LogP contribution in [-0.4, -0.2) is 34.5 Å². The van der Waals surface area contributed by atoms with E-state index in [1.54, 1.807) is 0 Å². The van der Waals surface area contributed by atoms with Crippen molar-refractivity contribution < 1.29 is 4.79 Å². The van der Waals surface area contributed by atoms with Crippen LogP contribution in [0.2, 0.25) is 0 Å². The van der Waals surface area contributed by atoms with E-state index in [9.17, 15) is 4.79 Å². The van der Waals surface area contributed by atoms with Gasteiger partial charge in [-0.25, -0.2) is 15.0 Å². The minimum atomic E-state index is 0.490. The number of benzene rings is 2. The molecule has 0 radical (unpaired) electrons. The van der Waals surface area contributed by atoms with E-state index in [2.05, 4.69) is 76.5 Å². The van der Waals surface area contributed by atoms with Crippen LogP contribution in [0.1, 0.15) is 25.0 Å². The second-order valence-corrected chi connectivity index (χ2v) is 7.55. The highest BCUT2D eigenvalue weighted by Gasteiger charge is 2.14. The molecule has 1 amide bonds. The molecule has 2 aromatic heterocycles. The van der Waals surface area contributed by atoms with Gasteiger partial charge in [0.1, 0.15) is 12.1 Å². The Morgan fingerprint density at radius 2 is 1.69 bits per heavy atom. The number of aromatic nitrogens is 3. The van der Waals surface area contributed by atoms with Gasteiger partial charge in [0.2, 0.25) is 6.41 Å². The third-order valence-corrected chi connectivity index (χ3v) is 5.70. The summed E-state index contributed by atoms with van der Waals surface area (Å²) in [6, 6.07) is 20.9. The lowest BCUT2D eigenvalue weighted by atomic mass is 9.99. The summed E-state index contributed by atoms with van der Waals surface area (Å²) in [4.78, 5) is 26.9. The fourth-order valence-electron chi connectivity index (χ4n) is 4.01. The number of anilines is 2. The van der Waals surface area contributed by atoms with Crippen LogP contribution in [0, 0.1) is 0 Å². The number of aryl methyl sites for hydroxylation is 2. The Labute approximate surface area is 188 Å². The quantitative estimate of drug-likeness (QED) is 0.387. The molecule has 0 unspecified atom stereocenters. The van der Waals surface area contributed by atoms with Crippen LogP contribution in [0.4, 0.5) is 11.5 Å². The standard InChI is InChI=1S/C26H27N5O/c1-3-31(4-2)22-14-12-20(13-15-22)23-16-21(11-10-19-8-6-5-7-9-19)24-25(29-18-32)27-17-28-26(24)30-23/h5-9,12-18H,3-4,10-11H2,1-2H3,(H,27,28,29,30,32). The predicted molar refractivity (Wildman–Crippen MR) is 130 cm³/mol. The van der Waals surface area contributed by atoms with Gasteiger partial charge in [-0.05, 0) is 56.0 Å². The number of carbonyl (C=O) groups excluding carboxylic acids is 1. The van der Waals surface area contributed by atoms with Crippen molar-refractivity contribution in [3.8, 4) is 11.3 Å². The Hall–Kier alpha value is -3.80. The Morgan fingerprint density at radius 1 is 0.938 bits per heavy atom. The first-order valence-corrected chi connectivity index (χ1v) is 11.0. The average molecular weight is 426 g/mol. The Balaban J connectivity index is 1.76. The molecule has 6 nitrogen and oxygen atoms in total. The molecule has 32 heavy (non-hydrogen) atoms. The molecule has 1 N–H and O–H groups in total. The molecule has 0 atom stereocenters. The SMILES string of the molecule is CCN(CC)c1ccc(-c2cc(CCc3ccccc3)c3c(NC=O)ncnc3n2)cc1. The summed E-state index contributed by atoms with van der Waals surface area (Å²) >= 11 is 0. The van der Waals surface area contributed by atoms with Crippen LogP contribution < -0.4 is 10.2 Å². The normalized spacial score (nSPS) is 10.8. The fourth-order valence-corrected chi connectivity index (χ4v) is 4.01. The number of nitrogens with one attached hydrogen (secondary N) is 1. The fraction of sp³-hybridized carbons (Fsp3) is 0.231. The van der Waals surface area contributed by atoms with Gasteiger partial charge >= 0.3 is 0 Å². The van der Waals surface area contributed by atoms with Gasteiger partial charge in [-0.1, -0.05) is 42.5 Å². The monoisotopic (exact) mass is 425 g/mol. The molecule has 4 aromatic rings. The van der Waals surface area contributed by atoms with E-state index in [1.165, 1.54) is 17.6 Å². The number of carbonyl (C=O) groups is 1. The summed E-state index contributed by atoms with van der Waals surface area (Å²) in [5.41, 5.74) is 5.99. The second kappa shape index (κ2) is 10.0. The maximum absolute atomic E-state index is 11.1. The molecular formula is C26H27N5O. The molecule has 4 rings (SSSR count). The largest absolute Gasteiger partial charge is 0.372 e. The molecule has 0 saturated carbocycles. The first kappa shape index (κ1) is 21.4. The minimum Gasteiger partial charge on any atom is -0.372 e. The highest BCUT2D eigenvalue weighted by molar-refractivity contribution is 5.95. The van der Waals surface area contributed by atoms with E-state index in [0.29, 0.717) is 17.9 Å². The number of hydrogen-bond acceptors (Lipinski definition) is 5. The molecule has 0 fully saturated rings. The Kier molecular flexibility index (Phi) is 6.70. The number of nitrogens with zero attached hydrogens (tertiary/aromatic N) is 4. The smallest absolute Gasteiger partial charge is 0.212 e. The van der Waals surface area contributed by atoms with Crippen molar-refractivity contribution in [2.24, 2.45) is 0 Å². The number of rotatable bonds is 9. The summed E-state index contributed by atoms with van der Waals surface area (Å²) in [5, 5.41) is 3.49. The first-order chi connectivity index (χ1) is 15.7. The summed E-state index contributed by atoms with van der Waals surface area (Å²) in [6.07, 6.45) is 3.74. The molecule has 2 aromatic carbocycles. The lowest BCUT2D eigenvalue weighted by Gasteiger charge is -2.21. The molecule has 2 heterocycles. The van der Waals surface area contributed by atoms with Crippen LogP contribution >= 0.6 is 0 Å². The van der Waals surface area contributed by atoms with Crippen molar-refractivity contribution in [2.75, 3.05) is 23.3 Å². The van der Waals surface area contributed by atoms with E-state index < -0.39 is 0 Å². The molecule has 6 heteroatoms. The van der Waals surface area contributed by atoms with Crippen molar-refractivity contribution in [1.29, 1.82) is 0 Å². The van der Waals surface area contributed by atoms with Crippen molar-refractivity contribution >= 4 is 28.9 Å². The van der Waals surface area contributed by atoms with Gasteiger partial charge in [0.15, 0.2) is 5.65 Å². The molecule has 0 spiro atoms. The molecule has 0 aliphatic carbocycles.